The molecule has 1 fully saturated rings. The summed E-state index contributed by atoms with van der Waals surface area (Å²) in [7, 11) is 0. The Bertz CT molecular complexity index is 1070. The number of nitrogens with zero attached hydrogens (tertiary/aromatic N) is 1. The molecule has 0 aromatic heterocycles. The SMILES string of the molecule is CCC(C)(C)CN/C=C(\C)C1c2cccc(c2)NOCCN(CCC2CCC2)CCCCc2cccc1c2C. The maximum atomic E-state index is 6.01. The first-order chi connectivity index (χ1) is 18.9. The van der Waals surface area contributed by atoms with Gasteiger partial charge in [0.05, 0.1) is 12.3 Å². The molecule has 0 spiro atoms. The lowest BCUT2D eigenvalue weighted by molar-refractivity contribution is 0.134. The van der Waals surface area contributed by atoms with Crippen molar-refractivity contribution in [3.05, 3.63) is 76.5 Å². The molecule has 1 heterocycles. The predicted octanol–water partition coefficient (Wildman–Crippen LogP) is 8.23. The van der Waals surface area contributed by atoms with Crippen molar-refractivity contribution in [1.29, 1.82) is 0 Å². The molecule has 0 saturated heterocycles. The van der Waals surface area contributed by atoms with E-state index in [9.17, 15) is 0 Å². The van der Waals surface area contributed by atoms with Crippen molar-refractivity contribution >= 4 is 5.69 Å². The second-order valence-electron chi connectivity index (χ2n) is 12.8. The first-order valence-electron chi connectivity index (χ1n) is 15.5. The van der Waals surface area contributed by atoms with Crippen LogP contribution in [0, 0.1) is 18.3 Å². The van der Waals surface area contributed by atoms with Crippen molar-refractivity contribution in [1.82, 2.24) is 10.2 Å². The van der Waals surface area contributed by atoms with Crippen LogP contribution in [-0.2, 0) is 11.3 Å². The van der Waals surface area contributed by atoms with Gasteiger partial charge < -0.3 is 10.2 Å². The van der Waals surface area contributed by atoms with Crippen LogP contribution >= 0.6 is 0 Å². The Morgan fingerprint density at radius 2 is 1.92 bits per heavy atom. The van der Waals surface area contributed by atoms with Crippen LogP contribution in [0.5, 0.6) is 0 Å². The second-order valence-corrected chi connectivity index (χ2v) is 12.8. The van der Waals surface area contributed by atoms with Crippen molar-refractivity contribution in [2.24, 2.45) is 11.3 Å². The van der Waals surface area contributed by atoms with Gasteiger partial charge in [0.25, 0.3) is 0 Å². The summed E-state index contributed by atoms with van der Waals surface area (Å²) in [6.45, 7) is 16.5. The van der Waals surface area contributed by atoms with Gasteiger partial charge in [-0.3, -0.25) is 10.3 Å². The van der Waals surface area contributed by atoms with E-state index in [0.29, 0.717) is 6.61 Å². The zero-order valence-electron chi connectivity index (χ0n) is 25.3. The van der Waals surface area contributed by atoms with Crippen molar-refractivity contribution < 1.29 is 4.84 Å². The summed E-state index contributed by atoms with van der Waals surface area (Å²) in [5.41, 5.74) is 11.5. The second kappa shape index (κ2) is 14.4. The molecule has 2 aliphatic rings. The van der Waals surface area contributed by atoms with Crippen LogP contribution in [-0.4, -0.2) is 37.7 Å². The Balaban J connectivity index is 1.57. The van der Waals surface area contributed by atoms with E-state index in [4.69, 9.17) is 4.84 Å². The van der Waals surface area contributed by atoms with Gasteiger partial charge in [0, 0.05) is 19.0 Å². The highest BCUT2D eigenvalue weighted by atomic mass is 16.6. The average molecular weight is 532 g/mol. The Kier molecular flexibility index (Phi) is 10.9. The molecule has 214 valence electrons. The average Bonchev–Trinajstić information content (AvgIpc) is 2.89. The van der Waals surface area contributed by atoms with Crippen LogP contribution in [0.1, 0.15) is 101 Å². The molecule has 1 unspecified atom stereocenters. The molecule has 4 nitrogen and oxygen atoms in total. The normalized spacial score (nSPS) is 20.2. The number of aryl methyl sites for hydroxylation is 1. The lowest BCUT2D eigenvalue weighted by Gasteiger charge is -2.29. The fourth-order valence-corrected chi connectivity index (χ4v) is 5.89. The summed E-state index contributed by atoms with van der Waals surface area (Å²) in [4.78, 5) is 8.64. The third kappa shape index (κ3) is 8.59. The smallest absolute Gasteiger partial charge is 0.0873 e. The number of anilines is 1. The van der Waals surface area contributed by atoms with Gasteiger partial charge in [-0.25, -0.2) is 0 Å². The molecule has 2 aromatic carbocycles. The molecular formula is C35H53N3O. The van der Waals surface area contributed by atoms with E-state index in [1.807, 2.05) is 0 Å². The van der Waals surface area contributed by atoms with Gasteiger partial charge in [-0.1, -0.05) is 70.4 Å². The van der Waals surface area contributed by atoms with Crippen LogP contribution in [0.3, 0.4) is 0 Å². The maximum absolute atomic E-state index is 6.01. The zero-order valence-corrected chi connectivity index (χ0v) is 25.3. The van der Waals surface area contributed by atoms with Gasteiger partial charge in [0.2, 0.25) is 0 Å². The summed E-state index contributed by atoms with van der Waals surface area (Å²) in [5.74, 6) is 1.15. The van der Waals surface area contributed by atoms with Gasteiger partial charge in [-0.05, 0) is 117 Å². The minimum absolute atomic E-state index is 0.193. The van der Waals surface area contributed by atoms with Crippen LogP contribution in [0.4, 0.5) is 5.69 Å². The van der Waals surface area contributed by atoms with Gasteiger partial charge in [0.15, 0.2) is 0 Å². The molecule has 0 amide bonds. The first-order valence-corrected chi connectivity index (χ1v) is 15.5. The minimum Gasteiger partial charge on any atom is -0.390 e. The number of fused-ring (bicyclic) bond motifs is 4. The van der Waals surface area contributed by atoms with Crippen LogP contribution < -0.4 is 10.8 Å². The van der Waals surface area contributed by atoms with Crippen LogP contribution in [0.2, 0.25) is 0 Å². The maximum Gasteiger partial charge on any atom is 0.0873 e. The largest absolute Gasteiger partial charge is 0.390 e. The Hall–Kier alpha value is -2.30. The molecular weight excluding hydrogens is 478 g/mol. The van der Waals surface area contributed by atoms with Crippen molar-refractivity contribution in [2.75, 3.05) is 38.3 Å². The molecule has 4 bridgehead atoms. The van der Waals surface area contributed by atoms with E-state index in [0.717, 1.165) is 44.1 Å². The van der Waals surface area contributed by atoms with Gasteiger partial charge in [-0.15, -0.1) is 0 Å². The Labute approximate surface area is 238 Å². The summed E-state index contributed by atoms with van der Waals surface area (Å²) >= 11 is 0. The summed E-state index contributed by atoms with van der Waals surface area (Å²) in [6.07, 6.45) is 12.7. The van der Waals surface area contributed by atoms with Crippen molar-refractivity contribution in [2.45, 2.75) is 91.9 Å². The van der Waals surface area contributed by atoms with E-state index in [2.05, 4.69) is 99.0 Å². The van der Waals surface area contributed by atoms with E-state index >= 15 is 0 Å². The summed E-state index contributed by atoms with van der Waals surface area (Å²) in [6, 6.07) is 15.7. The van der Waals surface area contributed by atoms with E-state index < -0.39 is 0 Å². The number of rotatable bonds is 8. The highest BCUT2D eigenvalue weighted by Gasteiger charge is 2.22. The van der Waals surface area contributed by atoms with E-state index in [1.165, 1.54) is 72.9 Å². The standard InChI is InChI=1S/C35H53N3O/c1-6-35(4,5)26-36-25-27(2)34-31-16-10-17-32(24-31)37-39-23-22-38(21-19-29-12-9-13-29)20-8-7-14-30-15-11-18-33(34)28(30)3/h10-11,15-18,24-25,29,34,36-37H,6-9,12-14,19-23,26H2,1-5H3/b27-25+. The zero-order chi connectivity index (χ0) is 27.7. The van der Waals surface area contributed by atoms with Gasteiger partial charge >= 0.3 is 0 Å². The molecule has 4 heteroatoms. The molecule has 0 radical (unpaired) electrons. The van der Waals surface area contributed by atoms with Gasteiger partial charge in [-0.2, -0.15) is 0 Å². The van der Waals surface area contributed by atoms with Crippen LogP contribution in [0.25, 0.3) is 0 Å². The minimum atomic E-state index is 0.193. The monoisotopic (exact) mass is 531 g/mol. The van der Waals surface area contributed by atoms with Crippen molar-refractivity contribution in [3.8, 4) is 0 Å². The van der Waals surface area contributed by atoms with Gasteiger partial charge in [0.1, 0.15) is 0 Å². The molecule has 1 aliphatic heterocycles. The summed E-state index contributed by atoms with van der Waals surface area (Å²) < 4.78 is 0. The topological polar surface area (TPSA) is 36.5 Å². The number of benzene rings is 2. The lowest BCUT2D eigenvalue weighted by atomic mass is 9.81. The number of hydrogen-bond acceptors (Lipinski definition) is 4. The first kappa shape index (κ1) is 29.7. The third-order valence-electron chi connectivity index (χ3n) is 9.29. The lowest BCUT2D eigenvalue weighted by Crippen LogP contribution is -2.32. The quantitative estimate of drug-likeness (QED) is 0.360. The van der Waals surface area contributed by atoms with E-state index in [1.54, 1.807) is 0 Å². The van der Waals surface area contributed by atoms with E-state index in [-0.39, 0.29) is 11.3 Å². The summed E-state index contributed by atoms with van der Waals surface area (Å²) in [5, 5.41) is 3.65. The van der Waals surface area contributed by atoms with Crippen molar-refractivity contribution in [3.63, 3.8) is 0 Å². The predicted molar refractivity (Wildman–Crippen MR) is 166 cm³/mol. The molecule has 2 aromatic rings. The highest BCUT2D eigenvalue weighted by molar-refractivity contribution is 5.52. The molecule has 1 saturated carbocycles. The molecule has 2 N–H and O–H groups in total. The fraction of sp³-hybridized carbons (Fsp3) is 0.600. The fourth-order valence-electron chi connectivity index (χ4n) is 5.89. The highest BCUT2D eigenvalue weighted by Crippen LogP contribution is 2.36. The number of allylic oxidation sites excluding steroid dienone is 1. The molecule has 1 aliphatic carbocycles. The third-order valence-corrected chi connectivity index (χ3v) is 9.29. The Morgan fingerprint density at radius 1 is 1.10 bits per heavy atom. The molecule has 4 rings (SSSR count). The molecule has 1 atom stereocenters. The number of nitrogens with one attached hydrogen (secondary N) is 2. The number of hydrogen-bond donors (Lipinski definition) is 2. The molecule has 39 heavy (non-hydrogen) atoms. The van der Waals surface area contributed by atoms with Crippen LogP contribution in [0.15, 0.2) is 54.2 Å². The Morgan fingerprint density at radius 3 is 2.69 bits per heavy atom.